The Labute approximate surface area is 383 Å². The molecule has 356 valence electrons. The first-order chi connectivity index (χ1) is 30.5. The number of hydrogen-bond acceptors (Lipinski definition) is 5. The Morgan fingerprint density at radius 2 is 0.887 bits per heavy atom. The number of aliphatic hydroxyl groups excluding tert-OH is 2. The van der Waals surface area contributed by atoms with Crippen LogP contribution in [0, 0.1) is 0 Å². The minimum atomic E-state index is -0.811. The van der Waals surface area contributed by atoms with Crippen molar-refractivity contribution in [2.75, 3.05) is 6.61 Å². The molecular formula is C56H97NO5. The zero-order valence-electron chi connectivity index (χ0n) is 40.5. The minimum absolute atomic E-state index is 0.0234. The Morgan fingerprint density at radius 3 is 1.37 bits per heavy atom. The summed E-state index contributed by atoms with van der Waals surface area (Å²) in [6.45, 7) is 6.31. The summed E-state index contributed by atoms with van der Waals surface area (Å²) < 4.78 is 5.89. The Hall–Kier alpha value is -2.96. The van der Waals surface area contributed by atoms with Gasteiger partial charge >= 0.3 is 5.97 Å². The van der Waals surface area contributed by atoms with Crippen LogP contribution in [0.5, 0.6) is 0 Å². The van der Waals surface area contributed by atoms with Gasteiger partial charge < -0.3 is 20.3 Å². The monoisotopic (exact) mass is 864 g/mol. The highest BCUT2D eigenvalue weighted by molar-refractivity contribution is 5.77. The molecule has 1 amide bonds. The molecule has 0 aliphatic carbocycles. The largest absolute Gasteiger partial charge is 0.462 e. The quantitative estimate of drug-likeness (QED) is 0.0322. The number of nitrogens with one attached hydrogen (secondary N) is 1. The van der Waals surface area contributed by atoms with Crippen molar-refractivity contribution in [1.82, 2.24) is 5.32 Å². The van der Waals surface area contributed by atoms with Gasteiger partial charge in [0.15, 0.2) is 0 Å². The second-order valence-corrected chi connectivity index (χ2v) is 17.3. The maximum absolute atomic E-state index is 13.2. The van der Waals surface area contributed by atoms with E-state index in [2.05, 4.69) is 68.6 Å². The maximum atomic E-state index is 13.2. The lowest BCUT2D eigenvalue weighted by Gasteiger charge is -2.24. The topological polar surface area (TPSA) is 95.9 Å². The first kappa shape index (κ1) is 59.0. The molecular weight excluding hydrogens is 767 g/mol. The average molecular weight is 864 g/mol. The van der Waals surface area contributed by atoms with Crippen molar-refractivity contribution < 1.29 is 24.5 Å². The van der Waals surface area contributed by atoms with Crippen molar-refractivity contribution in [3.05, 3.63) is 85.1 Å². The van der Waals surface area contributed by atoms with Crippen LogP contribution in [-0.2, 0) is 14.3 Å². The van der Waals surface area contributed by atoms with Crippen LogP contribution < -0.4 is 5.32 Å². The van der Waals surface area contributed by atoms with E-state index in [-0.39, 0.29) is 24.9 Å². The van der Waals surface area contributed by atoms with Crippen molar-refractivity contribution in [3.63, 3.8) is 0 Å². The van der Waals surface area contributed by atoms with Crippen LogP contribution in [0.15, 0.2) is 85.1 Å². The van der Waals surface area contributed by atoms with Crippen molar-refractivity contribution >= 4 is 11.9 Å². The van der Waals surface area contributed by atoms with Gasteiger partial charge in [0.1, 0.15) is 6.10 Å². The molecule has 0 saturated carbocycles. The zero-order valence-corrected chi connectivity index (χ0v) is 40.5. The molecule has 3 atom stereocenters. The van der Waals surface area contributed by atoms with Crippen molar-refractivity contribution in [3.8, 4) is 0 Å². The average Bonchev–Trinajstić information content (AvgIpc) is 3.26. The van der Waals surface area contributed by atoms with E-state index in [1.807, 2.05) is 42.5 Å². The predicted molar refractivity (Wildman–Crippen MR) is 268 cm³/mol. The van der Waals surface area contributed by atoms with Gasteiger partial charge in [-0.15, -0.1) is 0 Å². The molecule has 0 rings (SSSR count). The molecule has 0 heterocycles. The van der Waals surface area contributed by atoms with Gasteiger partial charge in [-0.05, 0) is 64.2 Å². The summed E-state index contributed by atoms with van der Waals surface area (Å²) in [7, 11) is 0. The van der Waals surface area contributed by atoms with Gasteiger partial charge in [0.2, 0.25) is 5.91 Å². The normalized spacial score (nSPS) is 14.0. The summed E-state index contributed by atoms with van der Waals surface area (Å²) in [5, 5.41) is 23.8. The molecule has 0 bridgehead atoms. The van der Waals surface area contributed by atoms with Crippen LogP contribution in [0.3, 0.4) is 0 Å². The van der Waals surface area contributed by atoms with Crippen LogP contribution >= 0.6 is 0 Å². The number of allylic oxidation sites excluding steroid dienone is 14. The molecule has 6 nitrogen and oxygen atoms in total. The summed E-state index contributed by atoms with van der Waals surface area (Å²) in [5.41, 5.74) is 0. The number of rotatable bonds is 45. The third kappa shape index (κ3) is 43.7. The number of carbonyl (C=O) groups excluding carboxylic acids is 2. The number of carbonyl (C=O) groups is 2. The molecule has 0 saturated heterocycles. The molecule has 0 aliphatic rings. The van der Waals surface area contributed by atoms with E-state index < -0.39 is 18.2 Å². The third-order valence-corrected chi connectivity index (χ3v) is 11.4. The van der Waals surface area contributed by atoms with Crippen LogP contribution in [0.4, 0.5) is 0 Å². The fraction of sp³-hybridized carbons (Fsp3) is 0.714. The summed E-state index contributed by atoms with van der Waals surface area (Å²) in [5.74, 6) is -0.574. The Kier molecular flexibility index (Phi) is 46.7. The number of ether oxygens (including phenoxy) is 1. The molecule has 0 aromatic carbocycles. The summed E-state index contributed by atoms with van der Waals surface area (Å²) >= 11 is 0. The minimum Gasteiger partial charge on any atom is -0.462 e. The lowest BCUT2D eigenvalue weighted by atomic mass is 10.0. The molecule has 3 unspecified atom stereocenters. The molecule has 0 aromatic heterocycles. The first-order valence-corrected chi connectivity index (χ1v) is 25.9. The number of unbranched alkanes of at least 4 members (excludes halogenated alkanes) is 24. The van der Waals surface area contributed by atoms with Crippen LogP contribution in [0.25, 0.3) is 0 Å². The molecule has 0 fully saturated rings. The van der Waals surface area contributed by atoms with E-state index in [0.29, 0.717) is 19.3 Å². The van der Waals surface area contributed by atoms with Crippen molar-refractivity contribution in [2.24, 2.45) is 0 Å². The molecule has 0 aliphatic heterocycles. The molecule has 6 heteroatoms. The van der Waals surface area contributed by atoms with Gasteiger partial charge in [-0.3, -0.25) is 9.59 Å². The van der Waals surface area contributed by atoms with Gasteiger partial charge in [-0.1, -0.05) is 241 Å². The Bertz CT molecular complexity index is 1200. The van der Waals surface area contributed by atoms with Crippen LogP contribution in [0.2, 0.25) is 0 Å². The van der Waals surface area contributed by atoms with E-state index in [1.54, 1.807) is 0 Å². The van der Waals surface area contributed by atoms with E-state index in [0.717, 1.165) is 70.6 Å². The highest BCUT2D eigenvalue weighted by Crippen LogP contribution is 2.17. The summed E-state index contributed by atoms with van der Waals surface area (Å²) in [6, 6.07) is -0.729. The van der Waals surface area contributed by atoms with Gasteiger partial charge in [-0.2, -0.15) is 0 Å². The zero-order chi connectivity index (χ0) is 45.2. The van der Waals surface area contributed by atoms with Gasteiger partial charge in [0.25, 0.3) is 0 Å². The molecule has 0 spiro atoms. The van der Waals surface area contributed by atoms with Gasteiger partial charge in [0.05, 0.1) is 25.2 Å². The van der Waals surface area contributed by atoms with E-state index >= 15 is 0 Å². The molecule has 3 N–H and O–H groups in total. The molecule has 0 radical (unpaired) electrons. The number of esters is 1. The molecule has 62 heavy (non-hydrogen) atoms. The number of amides is 1. The molecule has 0 aromatic rings. The first-order valence-electron chi connectivity index (χ1n) is 25.9. The fourth-order valence-electron chi connectivity index (χ4n) is 7.45. The Morgan fingerprint density at radius 1 is 0.484 bits per heavy atom. The second kappa shape index (κ2) is 49.1. The lowest BCUT2D eigenvalue weighted by molar-refractivity contribution is -0.151. The van der Waals surface area contributed by atoms with Crippen molar-refractivity contribution in [1.29, 1.82) is 0 Å². The highest BCUT2D eigenvalue weighted by Gasteiger charge is 2.24. The Balaban J connectivity index is 4.73. The van der Waals surface area contributed by atoms with Crippen molar-refractivity contribution in [2.45, 2.75) is 251 Å². The SMILES string of the molecule is CC/C=C/C=C/C=C\C=C/C=C/CCCCCC(=O)OC(CCC/C=C/C=C/CCCCCCCCC)CC(=O)NC(CO)C(O)CCCCCCCCCCCCCCCC. The van der Waals surface area contributed by atoms with Gasteiger partial charge in [0, 0.05) is 6.42 Å². The number of aliphatic hydroxyl groups is 2. The maximum Gasteiger partial charge on any atom is 0.306 e. The second-order valence-electron chi connectivity index (χ2n) is 17.3. The van der Waals surface area contributed by atoms with E-state index in [1.165, 1.54) is 116 Å². The van der Waals surface area contributed by atoms with Gasteiger partial charge in [-0.25, -0.2) is 0 Å². The van der Waals surface area contributed by atoms with Crippen LogP contribution in [0.1, 0.15) is 233 Å². The smallest absolute Gasteiger partial charge is 0.306 e. The number of hydrogen-bond donors (Lipinski definition) is 3. The van der Waals surface area contributed by atoms with E-state index in [9.17, 15) is 19.8 Å². The standard InChI is InChI=1S/C56H97NO5/c1-4-7-10-13-16-19-22-25-28-31-34-37-40-43-46-49-56(61)62-52(47-44-41-38-35-32-29-26-23-20-17-14-11-8-5-2)50-55(60)57-53(51-58)54(59)48-45-42-39-36-33-30-27-24-21-18-15-12-9-6-3/h7,10,13,16,19,22,25,28-29,31-32,34-35,38,52-54,58-59H,4-6,8-9,11-12,14-15,17-18,20-21,23-24,26-27,30,33,36-37,39-51H2,1-3H3,(H,57,60)/b10-7+,16-13+,22-19-,28-25-,32-29+,34-31+,38-35+. The summed E-state index contributed by atoms with van der Waals surface area (Å²) in [6.07, 6.45) is 63.6. The summed E-state index contributed by atoms with van der Waals surface area (Å²) in [4.78, 5) is 26.1. The van der Waals surface area contributed by atoms with Crippen LogP contribution in [-0.4, -0.2) is 46.9 Å². The highest BCUT2D eigenvalue weighted by atomic mass is 16.5. The third-order valence-electron chi connectivity index (χ3n) is 11.4. The fourth-order valence-corrected chi connectivity index (χ4v) is 7.45. The lowest BCUT2D eigenvalue weighted by Crippen LogP contribution is -2.46. The van der Waals surface area contributed by atoms with E-state index in [4.69, 9.17) is 4.74 Å². The predicted octanol–water partition coefficient (Wildman–Crippen LogP) is 15.6.